The van der Waals surface area contributed by atoms with Crippen LogP contribution >= 0.6 is 0 Å². The topological polar surface area (TPSA) is 69.8 Å². The summed E-state index contributed by atoms with van der Waals surface area (Å²) in [6.07, 6.45) is 6.27. The van der Waals surface area contributed by atoms with E-state index in [-0.39, 0.29) is 12.1 Å². The van der Waals surface area contributed by atoms with E-state index in [0.29, 0.717) is 6.54 Å². The van der Waals surface area contributed by atoms with Gasteiger partial charge in [-0.1, -0.05) is 12.1 Å². The molecule has 124 valence electrons. The average molecular weight is 322 g/mol. The second-order valence-electron chi connectivity index (χ2n) is 5.96. The van der Waals surface area contributed by atoms with Crippen LogP contribution in [0, 0.1) is 6.92 Å². The molecule has 0 saturated carbocycles. The number of H-pyrrole nitrogens is 1. The standard InChI is InChI=1S/C19H22N4O/c1-13-4-3-5-17-18(13)16(12-22-17)8-11-21-19(24)23-14(2)15-6-9-20-10-7-15/h3-7,9-10,12,14,22H,8,11H2,1-2H3,(H2,21,23,24)/t14-/m0/s1. The molecule has 0 aliphatic rings. The molecular formula is C19H22N4O. The molecule has 0 saturated heterocycles. The zero-order valence-corrected chi connectivity index (χ0v) is 14.0. The molecule has 2 heterocycles. The van der Waals surface area contributed by atoms with Gasteiger partial charge in [-0.3, -0.25) is 4.98 Å². The number of nitrogens with zero attached hydrogens (tertiary/aromatic N) is 1. The van der Waals surface area contributed by atoms with E-state index in [1.807, 2.05) is 31.3 Å². The van der Waals surface area contributed by atoms with Gasteiger partial charge in [0.2, 0.25) is 0 Å². The van der Waals surface area contributed by atoms with E-state index in [1.54, 1.807) is 12.4 Å². The molecular weight excluding hydrogens is 300 g/mol. The number of carbonyl (C=O) groups excluding carboxylic acids is 1. The van der Waals surface area contributed by atoms with Crippen LogP contribution in [0.4, 0.5) is 4.79 Å². The van der Waals surface area contributed by atoms with Crippen molar-refractivity contribution >= 4 is 16.9 Å². The number of aromatic nitrogens is 2. The maximum atomic E-state index is 12.0. The van der Waals surface area contributed by atoms with Crippen molar-refractivity contribution < 1.29 is 4.79 Å². The smallest absolute Gasteiger partial charge is 0.315 e. The SMILES string of the molecule is Cc1cccc2[nH]cc(CCNC(=O)N[C@@H](C)c3ccncc3)c12. The summed E-state index contributed by atoms with van der Waals surface area (Å²) < 4.78 is 0. The van der Waals surface area contributed by atoms with Crippen LogP contribution in [-0.2, 0) is 6.42 Å². The van der Waals surface area contributed by atoms with E-state index in [9.17, 15) is 4.79 Å². The van der Waals surface area contributed by atoms with Gasteiger partial charge in [0, 0.05) is 36.0 Å². The number of nitrogens with one attached hydrogen (secondary N) is 3. The van der Waals surface area contributed by atoms with E-state index in [1.165, 1.54) is 16.5 Å². The molecule has 0 unspecified atom stereocenters. The fraction of sp³-hybridized carbons (Fsp3) is 0.263. The van der Waals surface area contributed by atoms with Gasteiger partial charge < -0.3 is 15.6 Å². The monoisotopic (exact) mass is 322 g/mol. The largest absolute Gasteiger partial charge is 0.361 e. The molecule has 2 amide bonds. The van der Waals surface area contributed by atoms with Crippen molar-refractivity contribution in [1.82, 2.24) is 20.6 Å². The second kappa shape index (κ2) is 7.17. The Bertz CT molecular complexity index is 826. The Labute approximate surface area is 141 Å². The van der Waals surface area contributed by atoms with Crippen molar-refractivity contribution in [2.45, 2.75) is 26.3 Å². The third kappa shape index (κ3) is 3.56. The first-order valence-corrected chi connectivity index (χ1v) is 8.15. The van der Waals surface area contributed by atoms with Crippen LogP contribution in [0.3, 0.4) is 0 Å². The Balaban J connectivity index is 1.53. The summed E-state index contributed by atoms with van der Waals surface area (Å²) in [7, 11) is 0. The van der Waals surface area contributed by atoms with Crippen LogP contribution in [-0.4, -0.2) is 22.5 Å². The molecule has 3 N–H and O–H groups in total. The fourth-order valence-corrected chi connectivity index (χ4v) is 2.94. The van der Waals surface area contributed by atoms with Crippen LogP contribution in [0.2, 0.25) is 0 Å². The summed E-state index contributed by atoms with van der Waals surface area (Å²) in [5, 5.41) is 7.12. The Kier molecular flexibility index (Phi) is 4.79. The normalized spacial score (nSPS) is 12.1. The number of aryl methyl sites for hydroxylation is 1. The maximum Gasteiger partial charge on any atom is 0.315 e. The number of pyridine rings is 1. The summed E-state index contributed by atoms with van der Waals surface area (Å²) in [5.74, 6) is 0. The zero-order valence-electron chi connectivity index (χ0n) is 14.0. The van der Waals surface area contributed by atoms with Crippen LogP contribution in [0.1, 0.15) is 29.7 Å². The first kappa shape index (κ1) is 16.1. The third-order valence-corrected chi connectivity index (χ3v) is 4.23. The molecule has 0 bridgehead atoms. The number of benzene rings is 1. The number of aromatic amines is 1. The number of amides is 2. The van der Waals surface area contributed by atoms with Gasteiger partial charge in [0.05, 0.1) is 6.04 Å². The predicted molar refractivity (Wildman–Crippen MR) is 95.9 cm³/mol. The molecule has 5 nitrogen and oxygen atoms in total. The van der Waals surface area contributed by atoms with Gasteiger partial charge in [0.1, 0.15) is 0 Å². The van der Waals surface area contributed by atoms with Gasteiger partial charge >= 0.3 is 6.03 Å². The Morgan fingerprint density at radius 2 is 2.04 bits per heavy atom. The lowest BCUT2D eigenvalue weighted by Gasteiger charge is -2.14. The maximum absolute atomic E-state index is 12.0. The van der Waals surface area contributed by atoms with Crippen LogP contribution in [0.15, 0.2) is 48.9 Å². The van der Waals surface area contributed by atoms with Crippen LogP contribution in [0.25, 0.3) is 10.9 Å². The molecule has 0 aliphatic heterocycles. The van der Waals surface area contributed by atoms with Crippen molar-refractivity contribution in [3.63, 3.8) is 0 Å². The molecule has 3 rings (SSSR count). The van der Waals surface area contributed by atoms with Crippen molar-refractivity contribution in [2.75, 3.05) is 6.54 Å². The lowest BCUT2D eigenvalue weighted by atomic mass is 10.1. The first-order valence-electron chi connectivity index (χ1n) is 8.15. The zero-order chi connectivity index (χ0) is 16.9. The third-order valence-electron chi connectivity index (χ3n) is 4.23. The summed E-state index contributed by atoms with van der Waals surface area (Å²) in [5.41, 5.74) is 4.65. The first-order chi connectivity index (χ1) is 11.6. The van der Waals surface area contributed by atoms with Crippen LogP contribution in [0.5, 0.6) is 0 Å². The molecule has 0 fully saturated rings. The molecule has 5 heteroatoms. The van der Waals surface area contributed by atoms with Crippen molar-refractivity contribution in [2.24, 2.45) is 0 Å². The van der Waals surface area contributed by atoms with Crippen molar-refractivity contribution in [3.8, 4) is 0 Å². The van der Waals surface area contributed by atoms with E-state index in [0.717, 1.165) is 17.5 Å². The number of hydrogen-bond donors (Lipinski definition) is 3. The summed E-state index contributed by atoms with van der Waals surface area (Å²) in [6.45, 7) is 4.66. The number of rotatable bonds is 5. The van der Waals surface area contributed by atoms with Gasteiger partial charge in [-0.25, -0.2) is 4.79 Å². The molecule has 3 aromatic rings. The molecule has 1 atom stereocenters. The highest BCUT2D eigenvalue weighted by atomic mass is 16.2. The highest BCUT2D eigenvalue weighted by Crippen LogP contribution is 2.22. The quantitative estimate of drug-likeness (QED) is 0.673. The van der Waals surface area contributed by atoms with Gasteiger partial charge in [-0.05, 0) is 55.2 Å². The highest BCUT2D eigenvalue weighted by Gasteiger charge is 2.10. The predicted octanol–water partition coefficient (Wildman–Crippen LogP) is 3.47. The van der Waals surface area contributed by atoms with E-state index < -0.39 is 0 Å². The minimum absolute atomic E-state index is 0.0525. The number of fused-ring (bicyclic) bond motifs is 1. The molecule has 2 aromatic heterocycles. The second-order valence-corrected chi connectivity index (χ2v) is 5.96. The average Bonchev–Trinajstić information content (AvgIpc) is 3.00. The van der Waals surface area contributed by atoms with Crippen LogP contribution < -0.4 is 10.6 Å². The molecule has 1 aromatic carbocycles. The molecule has 0 radical (unpaired) electrons. The lowest BCUT2D eigenvalue weighted by molar-refractivity contribution is 0.238. The summed E-state index contributed by atoms with van der Waals surface area (Å²) >= 11 is 0. The van der Waals surface area contributed by atoms with Crippen molar-refractivity contribution in [1.29, 1.82) is 0 Å². The van der Waals surface area contributed by atoms with Crippen molar-refractivity contribution in [3.05, 3.63) is 65.6 Å². The molecule has 0 aliphatic carbocycles. The molecule has 24 heavy (non-hydrogen) atoms. The van der Waals surface area contributed by atoms with Gasteiger partial charge in [-0.15, -0.1) is 0 Å². The van der Waals surface area contributed by atoms with Gasteiger partial charge in [-0.2, -0.15) is 0 Å². The van der Waals surface area contributed by atoms with Gasteiger partial charge in [0.15, 0.2) is 0 Å². The highest BCUT2D eigenvalue weighted by molar-refractivity contribution is 5.86. The minimum atomic E-state index is -0.157. The summed E-state index contributed by atoms with van der Waals surface area (Å²) in [6, 6.07) is 9.82. The Hall–Kier alpha value is -2.82. The van der Waals surface area contributed by atoms with E-state index in [4.69, 9.17) is 0 Å². The van der Waals surface area contributed by atoms with Gasteiger partial charge in [0.25, 0.3) is 0 Å². The fourth-order valence-electron chi connectivity index (χ4n) is 2.94. The minimum Gasteiger partial charge on any atom is -0.361 e. The van der Waals surface area contributed by atoms with E-state index >= 15 is 0 Å². The lowest BCUT2D eigenvalue weighted by Crippen LogP contribution is -2.38. The van der Waals surface area contributed by atoms with E-state index in [2.05, 4.69) is 39.7 Å². The number of urea groups is 1. The molecule has 0 spiro atoms. The summed E-state index contributed by atoms with van der Waals surface area (Å²) in [4.78, 5) is 19.3. The number of carbonyl (C=O) groups is 1. The Morgan fingerprint density at radius 3 is 2.83 bits per heavy atom. The number of hydrogen-bond acceptors (Lipinski definition) is 2. The Morgan fingerprint density at radius 1 is 1.25 bits per heavy atom.